The first-order chi connectivity index (χ1) is 15.5. The van der Waals surface area contributed by atoms with Crippen LogP contribution in [0.3, 0.4) is 0 Å². The maximum absolute atomic E-state index is 12.0. The van der Waals surface area contributed by atoms with Crippen molar-refractivity contribution in [2.45, 2.75) is 18.1 Å². The van der Waals surface area contributed by atoms with Gasteiger partial charge in [-0.25, -0.2) is 13.2 Å². The Morgan fingerprint density at radius 2 is 2.00 bits per heavy atom. The molecule has 1 aliphatic rings. The Morgan fingerprint density at radius 3 is 2.59 bits per heavy atom. The van der Waals surface area contributed by atoms with E-state index in [1.165, 1.54) is 33.7 Å². The molecule has 1 aromatic rings. The van der Waals surface area contributed by atoms with Crippen LogP contribution in [0.25, 0.3) is 10.4 Å². The number of hydrogen-bond donors (Lipinski definition) is 2. The van der Waals surface area contributed by atoms with Gasteiger partial charge in [-0.2, -0.15) is 0 Å². The van der Waals surface area contributed by atoms with Crippen LogP contribution < -0.4 is 34.9 Å². The molecule has 0 bridgehead atoms. The molecule has 14 nitrogen and oxygen atoms in total. The smallest absolute Gasteiger partial charge is 0.747 e. The first kappa shape index (κ1) is 30.1. The summed E-state index contributed by atoms with van der Waals surface area (Å²) >= 11 is 0. The van der Waals surface area contributed by atoms with E-state index in [9.17, 15) is 37.3 Å². The summed E-state index contributed by atoms with van der Waals surface area (Å²) in [5.41, 5.74) is 8.52. The number of phenolic OH excluding ortho intramolecular Hbond substituents is 1. The molecule has 0 radical (unpaired) electrons. The van der Waals surface area contributed by atoms with E-state index >= 15 is 0 Å². The van der Waals surface area contributed by atoms with Gasteiger partial charge in [0.05, 0.1) is 18.4 Å². The van der Waals surface area contributed by atoms with Gasteiger partial charge < -0.3 is 19.8 Å². The number of carbonyl (C=O) groups excluding carboxylic acids is 4. The Balaban J connectivity index is 0.00000578. The van der Waals surface area contributed by atoms with Crippen molar-refractivity contribution in [2.75, 3.05) is 18.1 Å². The molecular weight excluding hydrogens is 525 g/mol. The zero-order valence-electron chi connectivity index (χ0n) is 17.6. The van der Waals surface area contributed by atoms with Crippen LogP contribution in [0.15, 0.2) is 23.3 Å². The molecule has 18 heteroatoms. The number of benzene rings is 1. The van der Waals surface area contributed by atoms with Crippen molar-refractivity contribution in [3.8, 4) is 5.75 Å². The van der Waals surface area contributed by atoms with E-state index in [0.717, 1.165) is 6.07 Å². The average molecular weight is 542 g/mol. The third kappa shape index (κ3) is 8.66. The molecule has 1 saturated heterocycles. The van der Waals surface area contributed by atoms with Gasteiger partial charge in [0.2, 0.25) is 0 Å². The minimum Gasteiger partial charge on any atom is -0.747 e. The fraction of sp³-hybridized carbons (Fsp3) is 0.375. The number of carbonyl (C=O) groups is 4. The largest absolute Gasteiger partial charge is 1.00 e. The summed E-state index contributed by atoms with van der Waals surface area (Å²) in [7, 11) is -2.50. The second-order valence-electron chi connectivity index (χ2n) is 6.22. The summed E-state index contributed by atoms with van der Waals surface area (Å²) in [5.74, 6) is -3.65. The van der Waals surface area contributed by atoms with Crippen LogP contribution in [-0.4, -0.2) is 70.1 Å². The zero-order valence-corrected chi connectivity index (χ0v) is 22.0. The molecule has 2 N–H and O–H groups in total. The van der Waals surface area contributed by atoms with Gasteiger partial charge in [-0.1, -0.05) is 32.8 Å². The van der Waals surface area contributed by atoms with E-state index in [2.05, 4.69) is 20.2 Å². The second kappa shape index (κ2) is 13.8. The SMILES string of the molecule is [N-]=[N+]=Nc1ccc(C(=O)NCCSSCCC(=O)ON2C(=O)CC(S(=O)(=O)[O-])C2=O)c(O)c1.[Na+]. The fourth-order valence-corrected chi connectivity index (χ4v) is 4.99. The maximum Gasteiger partial charge on any atom is 1.00 e. The molecule has 1 aromatic carbocycles. The Labute approximate surface area is 223 Å². The predicted octanol–water partition coefficient (Wildman–Crippen LogP) is -2.03. The van der Waals surface area contributed by atoms with Crippen molar-refractivity contribution in [1.82, 2.24) is 10.4 Å². The van der Waals surface area contributed by atoms with Crippen molar-refractivity contribution in [2.24, 2.45) is 5.11 Å². The minimum absolute atomic E-state index is 0. The summed E-state index contributed by atoms with van der Waals surface area (Å²) < 4.78 is 32.8. The van der Waals surface area contributed by atoms with Gasteiger partial charge in [-0.15, -0.1) is 5.06 Å². The molecule has 0 aliphatic carbocycles. The predicted molar refractivity (Wildman–Crippen MR) is 115 cm³/mol. The van der Waals surface area contributed by atoms with Crippen LogP contribution in [0, 0.1) is 0 Å². The van der Waals surface area contributed by atoms with Crippen molar-refractivity contribution >= 4 is 61.1 Å². The number of nitrogens with zero attached hydrogens (tertiary/aromatic N) is 4. The van der Waals surface area contributed by atoms with Gasteiger partial charge in [0.15, 0.2) is 0 Å². The van der Waals surface area contributed by atoms with E-state index < -0.39 is 45.5 Å². The van der Waals surface area contributed by atoms with Crippen LogP contribution in [0.4, 0.5) is 5.69 Å². The quantitative estimate of drug-likeness (QED) is 0.0454. The molecule has 1 heterocycles. The molecule has 0 spiro atoms. The number of hydrogen-bond acceptors (Lipinski definition) is 12. The van der Waals surface area contributed by atoms with Crippen LogP contribution in [-0.2, 0) is 29.3 Å². The van der Waals surface area contributed by atoms with Crippen molar-refractivity contribution in [3.05, 3.63) is 34.2 Å². The van der Waals surface area contributed by atoms with E-state index in [1.54, 1.807) is 0 Å². The number of imide groups is 1. The van der Waals surface area contributed by atoms with Crippen molar-refractivity contribution in [3.63, 3.8) is 0 Å². The van der Waals surface area contributed by atoms with E-state index in [0.29, 0.717) is 5.75 Å². The molecule has 178 valence electrons. The number of hydroxylamine groups is 2. The molecule has 1 atom stereocenters. The van der Waals surface area contributed by atoms with E-state index in [-0.39, 0.29) is 70.3 Å². The minimum atomic E-state index is -5.04. The Hall–Kier alpha value is -1.98. The average Bonchev–Trinajstić information content (AvgIpc) is 3.01. The van der Waals surface area contributed by atoms with Crippen LogP contribution in [0.5, 0.6) is 5.75 Å². The molecule has 0 saturated carbocycles. The topological polar surface area (TPSA) is 219 Å². The van der Waals surface area contributed by atoms with Gasteiger partial charge in [0.1, 0.15) is 21.1 Å². The molecule has 2 rings (SSSR count). The number of azide groups is 1. The molecular formula is C16H16N5NaO9S3. The molecule has 34 heavy (non-hydrogen) atoms. The van der Waals surface area contributed by atoms with Crippen molar-refractivity contribution in [1.29, 1.82) is 0 Å². The summed E-state index contributed by atoms with van der Waals surface area (Å²) in [6.45, 7) is 0.236. The third-order valence-electron chi connectivity index (χ3n) is 3.93. The van der Waals surface area contributed by atoms with Crippen LogP contribution >= 0.6 is 21.6 Å². The molecule has 3 amide bonds. The monoisotopic (exact) mass is 541 g/mol. The third-order valence-corrected chi connectivity index (χ3v) is 7.41. The number of aromatic hydroxyl groups is 1. The van der Waals surface area contributed by atoms with E-state index in [1.807, 2.05) is 0 Å². The number of nitrogens with one attached hydrogen (secondary N) is 1. The van der Waals surface area contributed by atoms with Gasteiger partial charge in [0, 0.05) is 28.6 Å². The maximum atomic E-state index is 12.0. The summed E-state index contributed by atoms with van der Waals surface area (Å²) in [6.07, 6.45) is -1.08. The molecule has 1 aliphatic heterocycles. The fourth-order valence-electron chi connectivity index (χ4n) is 2.42. The van der Waals surface area contributed by atoms with Crippen LogP contribution in [0.1, 0.15) is 23.2 Å². The van der Waals surface area contributed by atoms with Gasteiger partial charge >= 0.3 is 35.5 Å². The first-order valence-electron chi connectivity index (χ1n) is 8.97. The first-order valence-corrected chi connectivity index (χ1v) is 12.9. The van der Waals surface area contributed by atoms with Crippen LogP contribution in [0.2, 0.25) is 0 Å². The Bertz CT molecular complexity index is 1110. The Morgan fingerprint density at radius 1 is 1.32 bits per heavy atom. The summed E-state index contributed by atoms with van der Waals surface area (Å²) in [6, 6.07) is 3.84. The summed E-state index contributed by atoms with van der Waals surface area (Å²) in [4.78, 5) is 54.3. The standard InChI is InChI=1S/C16H17N5O9S3.Na/c17-20-19-9-1-2-10(11(22)7-9)15(25)18-4-6-32-31-5-3-14(24)30-21-13(23)8-12(16(21)26)33(27,28)29;/h1-2,7,12,22H,3-6,8H2,(H,18,25)(H,27,28,29);/q;+1/p-1. The number of rotatable bonds is 11. The number of phenols is 1. The van der Waals surface area contributed by atoms with E-state index in [4.69, 9.17) is 5.53 Å². The Kier molecular flexibility index (Phi) is 12.2. The normalized spacial score (nSPS) is 15.3. The van der Waals surface area contributed by atoms with Crippen molar-refractivity contribution < 1.29 is 71.7 Å². The molecule has 0 aromatic heterocycles. The molecule has 1 fully saturated rings. The zero-order chi connectivity index (χ0) is 24.6. The second-order valence-corrected chi connectivity index (χ2v) is 10.5. The van der Waals surface area contributed by atoms with Gasteiger partial charge in [-0.05, 0) is 17.7 Å². The molecule has 1 unspecified atom stereocenters. The van der Waals surface area contributed by atoms with Gasteiger partial charge in [-0.3, -0.25) is 14.4 Å². The van der Waals surface area contributed by atoms with Gasteiger partial charge in [0.25, 0.3) is 17.7 Å². The summed E-state index contributed by atoms with van der Waals surface area (Å²) in [5, 5.41) is 13.6. The number of amides is 3.